The van der Waals surface area contributed by atoms with Crippen LogP contribution < -0.4 is 5.32 Å². The van der Waals surface area contributed by atoms with Gasteiger partial charge in [0.2, 0.25) is 0 Å². The van der Waals surface area contributed by atoms with Crippen LogP contribution in [0.25, 0.3) is 0 Å². The maximum Gasteiger partial charge on any atom is 0.407 e. The minimum absolute atomic E-state index is 0.206. The van der Waals surface area contributed by atoms with E-state index in [1.165, 1.54) is 0 Å². The van der Waals surface area contributed by atoms with Gasteiger partial charge in [-0.15, -0.1) is 0 Å². The lowest BCUT2D eigenvalue weighted by Gasteiger charge is -2.20. The standard InChI is InChI=1S/C21H29N3O4/c1-6-16-17(13-22-20(26)28-21(3,4)5)24(14-15-11-9-8-10-12-15)23-18(16)19(25)27-7-2/h8-12H,6-7,13-14H2,1-5H3,(H,22,26). The lowest BCUT2D eigenvalue weighted by atomic mass is 10.1. The Labute approximate surface area is 166 Å². The topological polar surface area (TPSA) is 82.5 Å². The molecule has 1 aromatic carbocycles. The van der Waals surface area contributed by atoms with Gasteiger partial charge in [0.05, 0.1) is 25.4 Å². The van der Waals surface area contributed by atoms with E-state index in [0.29, 0.717) is 18.7 Å². The normalized spacial score (nSPS) is 11.2. The monoisotopic (exact) mass is 387 g/mol. The molecule has 2 aromatic rings. The van der Waals surface area contributed by atoms with Crippen molar-refractivity contribution < 1.29 is 19.1 Å². The first kappa shape index (κ1) is 21.5. The molecule has 0 aliphatic rings. The second-order valence-electron chi connectivity index (χ2n) is 7.35. The molecule has 0 saturated carbocycles. The number of carbonyl (C=O) groups is 2. The number of alkyl carbamates (subject to hydrolysis) is 1. The number of ether oxygens (including phenoxy) is 2. The van der Waals surface area contributed by atoms with E-state index in [-0.39, 0.29) is 13.2 Å². The predicted molar refractivity (Wildman–Crippen MR) is 106 cm³/mol. The van der Waals surface area contributed by atoms with Crippen molar-refractivity contribution in [2.24, 2.45) is 0 Å². The van der Waals surface area contributed by atoms with Crippen molar-refractivity contribution in [2.75, 3.05) is 6.61 Å². The molecule has 0 bridgehead atoms. The highest BCUT2D eigenvalue weighted by atomic mass is 16.6. The Hall–Kier alpha value is -2.83. The molecule has 0 aliphatic heterocycles. The van der Waals surface area contributed by atoms with Crippen LogP contribution in [0.15, 0.2) is 30.3 Å². The summed E-state index contributed by atoms with van der Waals surface area (Å²) in [6.45, 7) is 10.1. The summed E-state index contributed by atoms with van der Waals surface area (Å²) >= 11 is 0. The number of hydrogen-bond acceptors (Lipinski definition) is 5. The average Bonchev–Trinajstić information content (AvgIpc) is 2.97. The molecule has 152 valence electrons. The van der Waals surface area contributed by atoms with E-state index in [0.717, 1.165) is 16.8 Å². The number of esters is 1. The second kappa shape index (κ2) is 9.39. The Bertz CT molecular complexity index is 807. The molecule has 0 atom stereocenters. The van der Waals surface area contributed by atoms with Gasteiger partial charge in [-0.25, -0.2) is 9.59 Å². The third-order valence-corrected chi connectivity index (χ3v) is 3.96. The fourth-order valence-electron chi connectivity index (χ4n) is 2.82. The summed E-state index contributed by atoms with van der Waals surface area (Å²) in [7, 11) is 0. The van der Waals surface area contributed by atoms with Crippen molar-refractivity contribution in [3.63, 3.8) is 0 Å². The molecule has 28 heavy (non-hydrogen) atoms. The zero-order valence-corrected chi connectivity index (χ0v) is 17.2. The SMILES string of the molecule is CCOC(=O)c1nn(Cc2ccccc2)c(CNC(=O)OC(C)(C)C)c1CC. The van der Waals surface area contributed by atoms with E-state index in [9.17, 15) is 9.59 Å². The molecule has 1 heterocycles. The van der Waals surface area contributed by atoms with Gasteiger partial charge in [-0.2, -0.15) is 5.10 Å². The first-order valence-corrected chi connectivity index (χ1v) is 9.51. The van der Waals surface area contributed by atoms with Gasteiger partial charge in [0.15, 0.2) is 5.69 Å². The zero-order chi connectivity index (χ0) is 20.7. The Morgan fingerprint density at radius 2 is 1.82 bits per heavy atom. The maximum absolute atomic E-state index is 12.4. The van der Waals surface area contributed by atoms with Crippen LogP contribution in [0.3, 0.4) is 0 Å². The fourth-order valence-corrected chi connectivity index (χ4v) is 2.82. The summed E-state index contributed by atoms with van der Waals surface area (Å²) in [5.74, 6) is -0.454. The van der Waals surface area contributed by atoms with E-state index < -0.39 is 17.7 Å². The number of carbonyl (C=O) groups excluding carboxylic acids is 2. The average molecular weight is 387 g/mol. The van der Waals surface area contributed by atoms with E-state index >= 15 is 0 Å². The highest BCUT2D eigenvalue weighted by Crippen LogP contribution is 2.19. The van der Waals surface area contributed by atoms with Crippen LogP contribution in [0.4, 0.5) is 4.79 Å². The van der Waals surface area contributed by atoms with Crippen LogP contribution in [0.1, 0.15) is 61.9 Å². The Morgan fingerprint density at radius 1 is 1.14 bits per heavy atom. The van der Waals surface area contributed by atoms with Crippen LogP contribution in [0.5, 0.6) is 0 Å². The molecule has 0 aliphatic carbocycles. The number of nitrogens with zero attached hydrogens (tertiary/aromatic N) is 2. The van der Waals surface area contributed by atoms with Crippen LogP contribution in [0, 0.1) is 0 Å². The number of aromatic nitrogens is 2. The Morgan fingerprint density at radius 3 is 2.39 bits per heavy atom. The van der Waals surface area contributed by atoms with Gasteiger partial charge in [-0.1, -0.05) is 37.3 Å². The smallest absolute Gasteiger partial charge is 0.407 e. The molecule has 0 saturated heterocycles. The molecule has 0 unspecified atom stereocenters. The number of hydrogen-bond donors (Lipinski definition) is 1. The summed E-state index contributed by atoms with van der Waals surface area (Å²) in [6, 6.07) is 9.82. The van der Waals surface area contributed by atoms with Crippen LogP contribution in [0.2, 0.25) is 0 Å². The second-order valence-corrected chi connectivity index (χ2v) is 7.35. The molecule has 7 nitrogen and oxygen atoms in total. The van der Waals surface area contributed by atoms with Gasteiger partial charge >= 0.3 is 12.1 Å². The van der Waals surface area contributed by atoms with Crippen molar-refractivity contribution in [3.05, 3.63) is 52.8 Å². The van der Waals surface area contributed by atoms with Crippen molar-refractivity contribution >= 4 is 12.1 Å². The summed E-state index contributed by atoms with van der Waals surface area (Å²) in [4.78, 5) is 24.4. The quantitative estimate of drug-likeness (QED) is 0.733. The van der Waals surface area contributed by atoms with Gasteiger partial charge < -0.3 is 14.8 Å². The third kappa shape index (κ3) is 5.84. The van der Waals surface area contributed by atoms with Crippen molar-refractivity contribution in [3.8, 4) is 0 Å². The number of nitrogens with one attached hydrogen (secondary N) is 1. The Balaban J connectivity index is 2.33. The van der Waals surface area contributed by atoms with Crippen LogP contribution in [-0.2, 0) is 29.0 Å². The predicted octanol–water partition coefficient (Wildman–Crippen LogP) is 3.70. The highest BCUT2D eigenvalue weighted by Gasteiger charge is 2.24. The lowest BCUT2D eigenvalue weighted by molar-refractivity contribution is 0.0509. The summed E-state index contributed by atoms with van der Waals surface area (Å²) in [6.07, 6.45) is 0.0774. The summed E-state index contributed by atoms with van der Waals surface area (Å²) in [5.41, 5.74) is 2.28. The molecule has 0 radical (unpaired) electrons. The molecule has 0 fully saturated rings. The fraction of sp³-hybridized carbons (Fsp3) is 0.476. The first-order valence-electron chi connectivity index (χ1n) is 9.51. The van der Waals surface area contributed by atoms with Gasteiger partial charge in [-0.3, -0.25) is 4.68 Å². The number of benzene rings is 1. The maximum atomic E-state index is 12.4. The van der Waals surface area contributed by atoms with E-state index in [2.05, 4.69) is 10.4 Å². The molecule has 1 amide bonds. The zero-order valence-electron chi connectivity index (χ0n) is 17.2. The Kier molecular flexibility index (Phi) is 7.20. The number of rotatable bonds is 7. The summed E-state index contributed by atoms with van der Waals surface area (Å²) in [5, 5.41) is 7.26. The highest BCUT2D eigenvalue weighted by molar-refractivity contribution is 5.89. The largest absolute Gasteiger partial charge is 0.461 e. The van der Waals surface area contributed by atoms with Gasteiger partial charge in [0.25, 0.3) is 0 Å². The lowest BCUT2D eigenvalue weighted by Crippen LogP contribution is -2.33. The van der Waals surface area contributed by atoms with Crippen LogP contribution in [-0.4, -0.2) is 34.1 Å². The van der Waals surface area contributed by atoms with Crippen molar-refractivity contribution in [1.82, 2.24) is 15.1 Å². The first-order chi connectivity index (χ1) is 13.2. The molecule has 1 aromatic heterocycles. The minimum Gasteiger partial charge on any atom is -0.461 e. The molecular formula is C21H29N3O4. The van der Waals surface area contributed by atoms with E-state index in [4.69, 9.17) is 9.47 Å². The minimum atomic E-state index is -0.585. The summed E-state index contributed by atoms with van der Waals surface area (Å²) < 4.78 is 12.2. The molecule has 2 rings (SSSR count). The van der Waals surface area contributed by atoms with Crippen LogP contribution >= 0.6 is 0 Å². The molecule has 7 heteroatoms. The van der Waals surface area contributed by atoms with Gasteiger partial charge in [0, 0.05) is 5.56 Å². The molecule has 1 N–H and O–H groups in total. The number of amides is 1. The van der Waals surface area contributed by atoms with E-state index in [1.807, 2.05) is 58.0 Å². The van der Waals surface area contributed by atoms with Gasteiger partial charge in [-0.05, 0) is 39.7 Å². The third-order valence-electron chi connectivity index (χ3n) is 3.96. The van der Waals surface area contributed by atoms with E-state index in [1.54, 1.807) is 11.6 Å². The van der Waals surface area contributed by atoms with Crippen molar-refractivity contribution in [2.45, 2.75) is 59.7 Å². The molecular weight excluding hydrogens is 358 g/mol. The van der Waals surface area contributed by atoms with Gasteiger partial charge in [0.1, 0.15) is 5.60 Å². The van der Waals surface area contributed by atoms with Crippen molar-refractivity contribution in [1.29, 1.82) is 0 Å². The molecule has 0 spiro atoms.